The molecule has 0 heterocycles. The van der Waals surface area contributed by atoms with Crippen molar-refractivity contribution in [1.82, 2.24) is 10.6 Å². The minimum absolute atomic E-state index is 0.301. The molecule has 0 aliphatic carbocycles. The van der Waals surface area contributed by atoms with Crippen LogP contribution in [0.5, 0.6) is 0 Å². The van der Waals surface area contributed by atoms with E-state index in [0.29, 0.717) is 24.0 Å². The monoisotopic (exact) mass is 325 g/mol. The first-order valence-corrected chi connectivity index (χ1v) is 7.97. The number of guanidine groups is 1. The highest BCUT2D eigenvalue weighted by atomic mass is 19.1. The lowest BCUT2D eigenvalue weighted by Crippen LogP contribution is -2.37. The average molecular weight is 325 g/mol. The van der Waals surface area contributed by atoms with Crippen molar-refractivity contribution < 1.29 is 14.2 Å². The van der Waals surface area contributed by atoms with Gasteiger partial charge >= 0.3 is 0 Å². The van der Waals surface area contributed by atoms with Crippen LogP contribution in [0, 0.1) is 11.7 Å². The molecule has 0 bridgehead atoms. The summed E-state index contributed by atoms with van der Waals surface area (Å²) in [5.74, 6) is 0.848. The Labute approximate surface area is 138 Å². The van der Waals surface area contributed by atoms with Crippen molar-refractivity contribution in [1.29, 1.82) is 0 Å². The number of hydrogen-bond acceptors (Lipinski definition) is 3. The molecule has 0 unspecified atom stereocenters. The first-order valence-electron chi connectivity index (χ1n) is 7.97. The molecule has 1 aromatic rings. The molecule has 5 nitrogen and oxygen atoms in total. The van der Waals surface area contributed by atoms with Crippen LogP contribution in [-0.2, 0) is 17.9 Å². The second-order valence-electron chi connectivity index (χ2n) is 5.76. The molecule has 1 aromatic carbocycles. The molecule has 0 amide bonds. The number of ether oxygens (including phenoxy) is 1. The van der Waals surface area contributed by atoms with E-state index in [1.807, 2.05) is 0 Å². The number of rotatable bonds is 9. The molecule has 0 radical (unpaired) electrons. The van der Waals surface area contributed by atoms with Crippen LogP contribution in [0.4, 0.5) is 4.39 Å². The van der Waals surface area contributed by atoms with E-state index < -0.39 is 0 Å². The number of aliphatic imine (C=N–C) groups is 1. The van der Waals surface area contributed by atoms with Gasteiger partial charge in [-0.15, -0.1) is 0 Å². The van der Waals surface area contributed by atoms with Gasteiger partial charge in [0.2, 0.25) is 0 Å². The summed E-state index contributed by atoms with van der Waals surface area (Å²) >= 11 is 0. The molecule has 0 fully saturated rings. The van der Waals surface area contributed by atoms with Gasteiger partial charge < -0.3 is 20.5 Å². The average Bonchev–Trinajstić information content (AvgIpc) is 2.54. The van der Waals surface area contributed by atoms with Gasteiger partial charge in [0, 0.05) is 38.9 Å². The Balaban J connectivity index is 2.29. The molecule has 130 valence electrons. The van der Waals surface area contributed by atoms with Crippen LogP contribution in [0.3, 0.4) is 0 Å². The summed E-state index contributed by atoms with van der Waals surface area (Å²) in [4.78, 5) is 4.14. The van der Waals surface area contributed by atoms with E-state index >= 15 is 0 Å². The fourth-order valence-corrected chi connectivity index (χ4v) is 1.97. The van der Waals surface area contributed by atoms with E-state index in [4.69, 9.17) is 9.84 Å². The molecule has 1 rings (SSSR count). The SMILES string of the molecule is CN=C(NCCCOCC(C)C)NCc1ccc(F)c(CO)c1. The number of halogens is 1. The maximum atomic E-state index is 13.3. The molecule has 0 aromatic heterocycles. The highest BCUT2D eigenvalue weighted by Crippen LogP contribution is 2.10. The second kappa shape index (κ2) is 11.0. The Hall–Kier alpha value is -1.66. The van der Waals surface area contributed by atoms with Crippen molar-refractivity contribution in [3.63, 3.8) is 0 Å². The normalized spacial score (nSPS) is 11.8. The lowest BCUT2D eigenvalue weighted by molar-refractivity contribution is 0.108. The summed E-state index contributed by atoms with van der Waals surface area (Å²) in [5, 5.41) is 15.4. The summed E-state index contributed by atoms with van der Waals surface area (Å²) in [6, 6.07) is 4.70. The number of benzene rings is 1. The van der Waals surface area contributed by atoms with E-state index in [0.717, 1.165) is 31.7 Å². The van der Waals surface area contributed by atoms with Gasteiger partial charge in [-0.05, 0) is 30.0 Å². The fraction of sp³-hybridized carbons (Fsp3) is 0.588. The summed E-state index contributed by atoms with van der Waals surface area (Å²) in [5.41, 5.74) is 1.19. The molecular formula is C17H28FN3O2. The highest BCUT2D eigenvalue weighted by molar-refractivity contribution is 5.79. The smallest absolute Gasteiger partial charge is 0.191 e. The van der Waals surface area contributed by atoms with E-state index in [2.05, 4.69) is 29.5 Å². The van der Waals surface area contributed by atoms with Crippen LogP contribution in [0.25, 0.3) is 0 Å². The highest BCUT2D eigenvalue weighted by Gasteiger charge is 2.03. The van der Waals surface area contributed by atoms with Crippen LogP contribution in [0.15, 0.2) is 23.2 Å². The van der Waals surface area contributed by atoms with Gasteiger partial charge in [0.05, 0.1) is 6.61 Å². The van der Waals surface area contributed by atoms with Crippen molar-refractivity contribution in [3.8, 4) is 0 Å². The second-order valence-corrected chi connectivity index (χ2v) is 5.76. The van der Waals surface area contributed by atoms with Gasteiger partial charge in [0.15, 0.2) is 5.96 Å². The first-order chi connectivity index (χ1) is 11.1. The molecule has 0 spiro atoms. The number of nitrogens with zero attached hydrogens (tertiary/aromatic N) is 1. The van der Waals surface area contributed by atoms with Gasteiger partial charge in [-0.2, -0.15) is 0 Å². The quantitative estimate of drug-likeness (QED) is 0.369. The van der Waals surface area contributed by atoms with E-state index in [1.165, 1.54) is 6.07 Å². The standard InChI is InChI=1S/C17H28FN3O2/c1-13(2)12-23-8-4-7-20-17(19-3)21-10-14-5-6-16(18)15(9-14)11-22/h5-6,9,13,22H,4,7-8,10-12H2,1-3H3,(H2,19,20,21). The molecule has 6 heteroatoms. The summed E-state index contributed by atoms with van der Waals surface area (Å²) < 4.78 is 18.8. The Morgan fingerprint density at radius 3 is 2.78 bits per heavy atom. The molecule has 23 heavy (non-hydrogen) atoms. The number of nitrogens with one attached hydrogen (secondary N) is 2. The maximum absolute atomic E-state index is 13.3. The molecule has 0 aliphatic rings. The van der Waals surface area contributed by atoms with Gasteiger partial charge in [-0.1, -0.05) is 19.9 Å². The van der Waals surface area contributed by atoms with Gasteiger partial charge in [0.1, 0.15) is 5.82 Å². The third-order valence-electron chi connectivity index (χ3n) is 3.17. The van der Waals surface area contributed by atoms with Crippen LogP contribution < -0.4 is 10.6 Å². The number of hydrogen-bond donors (Lipinski definition) is 3. The Morgan fingerprint density at radius 1 is 1.35 bits per heavy atom. The predicted molar refractivity (Wildman–Crippen MR) is 90.8 cm³/mol. The van der Waals surface area contributed by atoms with Crippen LogP contribution >= 0.6 is 0 Å². The summed E-state index contributed by atoms with van der Waals surface area (Å²) in [6.45, 7) is 6.73. The van der Waals surface area contributed by atoms with E-state index in [1.54, 1.807) is 19.2 Å². The molecule has 0 saturated heterocycles. The fourth-order valence-electron chi connectivity index (χ4n) is 1.97. The number of aliphatic hydroxyl groups is 1. The van der Waals surface area contributed by atoms with Crippen molar-refractivity contribution >= 4 is 5.96 Å². The Kier molecular flexibility index (Phi) is 9.24. The van der Waals surface area contributed by atoms with Crippen LogP contribution in [-0.4, -0.2) is 37.9 Å². The largest absolute Gasteiger partial charge is 0.392 e. The molecule has 0 atom stereocenters. The molecular weight excluding hydrogens is 297 g/mol. The topological polar surface area (TPSA) is 65.9 Å². The molecule has 0 aliphatic heterocycles. The van der Waals surface area contributed by atoms with Crippen molar-refractivity contribution in [2.24, 2.45) is 10.9 Å². The summed E-state index contributed by atoms with van der Waals surface area (Å²) in [6.07, 6.45) is 0.901. The van der Waals surface area contributed by atoms with Gasteiger partial charge in [0.25, 0.3) is 0 Å². The zero-order valence-electron chi connectivity index (χ0n) is 14.2. The van der Waals surface area contributed by atoms with Crippen LogP contribution in [0.2, 0.25) is 0 Å². The van der Waals surface area contributed by atoms with Crippen molar-refractivity contribution in [2.75, 3.05) is 26.8 Å². The lowest BCUT2D eigenvalue weighted by atomic mass is 10.1. The first kappa shape index (κ1) is 19.4. The molecule has 0 saturated carbocycles. The maximum Gasteiger partial charge on any atom is 0.191 e. The predicted octanol–water partition coefficient (Wildman–Crippen LogP) is 2.05. The van der Waals surface area contributed by atoms with Gasteiger partial charge in [-0.25, -0.2) is 4.39 Å². The lowest BCUT2D eigenvalue weighted by Gasteiger charge is -2.13. The third-order valence-corrected chi connectivity index (χ3v) is 3.17. The minimum Gasteiger partial charge on any atom is -0.392 e. The van der Waals surface area contributed by atoms with E-state index in [-0.39, 0.29) is 12.4 Å². The zero-order valence-corrected chi connectivity index (χ0v) is 14.2. The minimum atomic E-state index is -0.389. The molecule has 3 N–H and O–H groups in total. The summed E-state index contributed by atoms with van der Waals surface area (Å²) in [7, 11) is 1.70. The Bertz CT molecular complexity index is 493. The third kappa shape index (κ3) is 7.95. The van der Waals surface area contributed by atoms with E-state index in [9.17, 15) is 4.39 Å². The van der Waals surface area contributed by atoms with Crippen LogP contribution in [0.1, 0.15) is 31.4 Å². The zero-order chi connectivity index (χ0) is 17.1. The van der Waals surface area contributed by atoms with Crippen molar-refractivity contribution in [3.05, 3.63) is 35.1 Å². The number of aliphatic hydroxyl groups excluding tert-OH is 1. The Morgan fingerprint density at radius 2 is 2.13 bits per heavy atom. The van der Waals surface area contributed by atoms with Crippen molar-refractivity contribution in [2.45, 2.75) is 33.4 Å². The van der Waals surface area contributed by atoms with Gasteiger partial charge in [-0.3, -0.25) is 4.99 Å².